The average molecular weight is 283 g/mol. The highest BCUT2D eigenvalue weighted by molar-refractivity contribution is 7.93. The zero-order valence-electron chi connectivity index (χ0n) is 9.75. The van der Waals surface area contributed by atoms with Crippen molar-refractivity contribution >= 4 is 27.0 Å². The lowest BCUT2D eigenvalue weighted by molar-refractivity contribution is 0.600. The van der Waals surface area contributed by atoms with E-state index in [1.54, 1.807) is 36.8 Å². The van der Waals surface area contributed by atoms with E-state index in [-0.39, 0.29) is 11.4 Å². The van der Waals surface area contributed by atoms with Gasteiger partial charge in [-0.1, -0.05) is 0 Å². The maximum Gasteiger partial charge on any atom is 0.263 e. The van der Waals surface area contributed by atoms with Gasteiger partial charge in [0.25, 0.3) is 10.0 Å². The summed E-state index contributed by atoms with van der Waals surface area (Å²) in [6, 6.07) is 3.19. The predicted molar refractivity (Wildman–Crippen MR) is 72.0 cm³/mol. The number of nitrogens with one attached hydrogen (secondary N) is 1. The molecule has 2 aromatic rings. The summed E-state index contributed by atoms with van der Waals surface area (Å²) in [4.78, 5) is 4.81. The summed E-state index contributed by atoms with van der Waals surface area (Å²) in [7, 11) is -3.58. The molecule has 3 N–H and O–H groups in total. The number of pyridine rings is 1. The largest absolute Gasteiger partial charge is 0.326 e. The molecule has 2 heterocycles. The summed E-state index contributed by atoms with van der Waals surface area (Å²) in [6.45, 7) is 2.01. The number of anilines is 1. The summed E-state index contributed by atoms with van der Waals surface area (Å²) < 4.78 is 27.0. The van der Waals surface area contributed by atoms with Crippen LogP contribution < -0.4 is 10.5 Å². The Kier molecular flexibility index (Phi) is 3.65. The zero-order chi connectivity index (χ0) is 13.2. The number of hydrogen-bond donors (Lipinski definition) is 2. The van der Waals surface area contributed by atoms with Crippen LogP contribution in [0, 0.1) is 6.92 Å². The highest BCUT2D eigenvalue weighted by Crippen LogP contribution is 2.24. The molecule has 0 fully saturated rings. The Morgan fingerprint density at radius 1 is 1.44 bits per heavy atom. The smallest absolute Gasteiger partial charge is 0.263 e. The molecule has 96 valence electrons. The Bertz CT molecular complexity index is 650. The molecule has 5 nitrogen and oxygen atoms in total. The monoisotopic (exact) mass is 283 g/mol. The van der Waals surface area contributed by atoms with Gasteiger partial charge >= 0.3 is 0 Å². The fourth-order valence-electron chi connectivity index (χ4n) is 1.50. The summed E-state index contributed by atoms with van der Waals surface area (Å²) in [5, 5.41) is 1.72. The molecule has 2 aromatic heterocycles. The minimum atomic E-state index is -3.58. The molecule has 0 amide bonds. The second kappa shape index (κ2) is 5.05. The van der Waals surface area contributed by atoms with E-state index in [1.165, 1.54) is 11.3 Å². The Morgan fingerprint density at radius 2 is 2.22 bits per heavy atom. The van der Waals surface area contributed by atoms with E-state index in [0.717, 1.165) is 5.56 Å². The number of hydrogen-bond acceptors (Lipinski definition) is 5. The minimum Gasteiger partial charge on any atom is -0.326 e. The number of rotatable bonds is 4. The molecule has 0 radical (unpaired) electrons. The predicted octanol–water partition coefficient (Wildman–Crippen LogP) is 1.71. The molecule has 0 unspecified atom stereocenters. The maximum absolute atomic E-state index is 12.2. The van der Waals surface area contributed by atoms with Crippen molar-refractivity contribution in [2.75, 3.05) is 4.72 Å². The molecule has 0 aliphatic heterocycles. The van der Waals surface area contributed by atoms with Crippen molar-refractivity contribution in [3.8, 4) is 0 Å². The molecule has 0 aromatic carbocycles. The second-order valence-electron chi connectivity index (χ2n) is 3.71. The van der Waals surface area contributed by atoms with Crippen LogP contribution in [-0.4, -0.2) is 13.4 Å². The molecule has 2 rings (SSSR count). The molecule has 7 heteroatoms. The van der Waals surface area contributed by atoms with E-state index in [9.17, 15) is 8.42 Å². The first-order chi connectivity index (χ1) is 8.54. The van der Waals surface area contributed by atoms with Gasteiger partial charge in [-0.05, 0) is 30.0 Å². The second-order valence-corrected chi connectivity index (χ2v) is 6.36. The zero-order valence-corrected chi connectivity index (χ0v) is 11.4. The number of aryl methyl sites for hydroxylation is 1. The fraction of sp³-hybridized carbons (Fsp3) is 0.182. The standard InChI is InChI=1S/C11H13N3O2S2/c1-8-7-13-4-2-9(8)14-18(15,16)11-3-5-17-10(11)6-12/h2-5,7H,6,12H2,1H3,(H,13,14). The quantitative estimate of drug-likeness (QED) is 0.894. The van der Waals surface area contributed by atoms with Crippen LogP contribution in [0.25, 0.3) is 0 Å². The molecular weight excluding hydrogens is 270 g/mol. The summed E-state index contributed by atoms with van der Waals surface area (Å²) >= 11 is 1.33. The van der Waals surface area contributed by atoms with E-state index >= 15 is 0 Å². The minimum absolute atomic E-state index is 0.212. The molecule has 0 aliphatic rings. The van der Waals surface area contributed by atoms with Gasteiger partial charge < -0.3 is 5.73 Å². The van der Waals surface area contributed by atoms with Crippen LogP contribution in [0.3, 0.4) is 0 Å². The van der Waals surface area contributed by atoms with E-state index in [4.69, 9.17) is 5.73 Å². The topological polar surface area (TPSA) is 85.1 Å². The summed E-state index contributed by atoms with van der Waals surface area (Å²) in [5.74, 6) is 0. The van der Waals surface area contributed by atoms with Gasteiger partial charge in [0.1, 0.15) is 4.90 Å². The van der Waals surface area contributed by atoms with Crippen molar-refractivity contribution < 1.29 is 8.42 Å². The number of aromatic nitrogens is 1. The lowest BCUT2D eigenvalue weighted by Crippen LogP contribution is -2.15. The molecule has 0 saturated carbocycles. The van der Waals surface area contributed by atoms with Crippen LogP contribution >= 0.6 is 11.3 Å². The lowest BCUT2D eigenvalue weighted by Gasteiger charge is -2.10. The number of nitrogens with two attached hydrogens (primary N) is 1. The van der Waals surface area contributed by atoms with Crippen molar-refractivity contribution in [3.05, 3.63) is 40.3 Å². The van der Waals surface area contributed by atoms with Crippen molar-refractivity contribution in [2.24, 2.45) is 5.73 Å². The fourth-order valence-corrected chi connectivity index (χ4v) is 3.97. The van der Waals surface area contributed by atoms with Gasteiger partial charge in [0.15, 0.2) is 0 Å². The van der Waals surface area contributed by atoms with E-state index in [0.29, 0.717) is 10.6 Å². The van der Waals surface area contributed by atoms with Crippen molar-refractivity contribution in [1.82, 2.24) is 4.98 Å². The molecule has 0 bridgehead atoms. The van der Waals surface area contributed by atoms with E-state index in [2.05, 4.69) is 9.71 Å². The van der Waals surface area contributed by atoms with Gasteiger partial charge in [-0.3, -0.25) is 9.71 Å². The van der Waals surface area contributed by atoms with Gasteiger partial charge in [-0.2, -0.15) is 0 Å². The van der Waals surface area contributed by atoms with E-state index < -0.39 is 10.0 Å². The third-order valence-corrected chi connectivity index (χ3v) is 4.97. The van der Waals surface area contributed by atoms with Gasteiger partial charge in [0.2, 0.25) is 0 Å². The van der Waals surface area contributed by atoms with Crippen molar-refractivity contribution in [1.29, 1.82) is 0 Å². The van der Waals surface area contributed by atoms with Crippen molar-refractivity contribution in [2.45, 2.75) is 18.4 Å². The highest BCUT2D eigenvalue weighted by Gasteiger charge is 2.19. The summed E-state index contributed by atoms with van der Waals surface area (Å²) in [6.07, 6.45) is 3.15. The Morgan fingerprint density at radius 3 is 2.89 bits per heavy atom. The molecule has 0 aliphatic carbocycles. The Balaban J connectivity index is 2.37. The number of thiophene rings is 1. The molecule has 0 atom stereocenters. The molecular formula is C11H13N3O2S2. The maximum atomic E-state index is 12.2. The molecule has 0 spiro atoms. The normalized spacial score (nSPS) is 11.4. The first kappa shape index (κ1) is 13.0. The number of sulfonamides is 1. The third-order valence-electron chi connectivity index (χ3n) is 2.44. The SMILES string of the molecule is Cc1cnccc1NS(=O)(=O)c1ccsc1CN. The van der Waals surface area contributed by atoms with Crippen LogP contribution in [0.15, 0.2) is 34.8 Å². The Hall–Kier alpha value is -1.44. The van der Waals surface area contributed by atoms with Gasteiger partial charge in [-0.25, -0.2) is 8.42 Å². The average Bonchev–Trinajstić information content (AvgIpc) is 2.81. The van der Waals surface area contributed by atoms with E-state index in [1.807, 2.05) is 0 Å². The molecule has 0 saturated heterocycles. The highest BCUT2D eigenvalue weighted by atomic mass is 32.2. The lowest BCUT2D eigenvalue weighted by atomic mass is 10.3. The Labute approximate surface area is 110 Å². The van der Waals surface area contributed by atoms with Crippen LogP contribution in [-0.2, 0) is 16.6 Å². The summed E-state index contributed by atoms with van der Waals surface area (Å²) in [5.41, 5.74) is 6.82. The van der Waals surface area contributed by atoms with Crippen molar-refractivity contribution in [3.63, 3.8) is 0 Å². The van der Waals surface area contributed by atoms with Gasteiger partial charge in [0.05, 0.1) is 5.69 Å². The van der Waals surface area contributed by atoms with Crippen LogP contribution in [0.2, 0.25) is 0 Å². The van der Waals surface area contributed by atoms with Gasteiger partial charge in [-0.15, -0.1) is 11.3 Å². The first-order valence-corrected chi connectivity index (χ1v) is 7.61. The van der Waals surface area contributed by atoms with Crippen LogP contribution in [0.5, 0.6) is 0 Å². The first-order valence-electron chi connectivity index (χ1n) is 5.24. The van der Waals surface area contributed by atoms with Crippen LogP contribution in [0.4, 0.5) is 5.69 Å². The molecule has 18 heavy (non-hydrogen) atoms. The number of nitrogens with zero attached hydrogens (tertiary/aromatic N) is 1. The van der Waals surface area contributed by atoms with Crippen LogP contribution in [0.1, 0.15) is 10.4 Å². The third kappa shape index (κ3) is 2.53. The van der Waals surface area contributed by atoms with Gasteiger partial charge in [0, 0.05) is 23.8 Å².